The van der Waals surface area contributed by atoms with Crippen molar-refractivity contribution >= 4 is 24.0 Å². The third-order valence-electron chi connectivity index (χ3n) is 2.97. The predicted molar refractivity (Wildman–Crippen MR) is 66.3 cm³/mol. The highest BCUT2D eigenvalue weighted by Gasteiger charge is 2.37. The average molecular weight is 244 g/mol. The number of aldehydes is 1. The van der Waals surface area contributed by atoms with E-state index in [1.165, 1.54) is 6.92 Å². The largest absolute Gasteiger partial charge is 0.351 e. The Kier molecular flexibility index (Phi) is 5.28. The van der Waals surface area contributed by atoms with Gasteiger partial charge in [0.15, 0.2) is 0 Å². The van der Waals surface area contributed by atoms with Crippen LogP contribution in [0.2, 0.25) is 0 Å². The van der Waals surface area contributed by atoms with Crippen LogP contribution < -0.4 is 11.1 Å². The predicted octanol–water partition coefficient (Wildman–Crippen LogP) is 0.549. The van der Waals surface area contributed by atoms with E-state index in [0.29, 0.717) is 17.6 Å². The van der Waals surface area contributed by atoms with E-state index in [4.69, 9.17) is 5.73 Å². The van der Waals surface area contributed by atoms with Crippen molar-refractivity contribution in [3.8, 4) is 0 Å². The number of hydrogen-bond acceptors (Lipinski definition) is 4. The molecule has 4 atom stereocenters. The van der Waals surface area contributed by atoms with Crippen molar-refractivity contribution in [1.82, 2.24) is 5.32 Å². The van der Waals surface area contributed by atoms with Crippen LogP contribution in [0, 0.1) is 5.92 Å². The second kappa shape index (κ2) is 6.25. The summed E-state index contributed by atoms with van der Waals surface area (Å²) < 4.78 is 0. The summed E-state index contributed by atoms with van der Waals surface area (Å²) in [5.41, 5.74) is 5.98. The Bertz CT molecular complexity index is 260. The lowest BCUT2D eigenvalue weighted by atomic mass is 9.93. The Morgan fingerprint density at radius 1 is 1.69 bits per heavy atom. The molecule has 0 saturated carbocycles. The van der Waals surface area contributed by atoms with Gasteiger partial charge in [0.25, 0.3) is 0 Å². The van der Waals surface area contributed by atoms with Gasteiger partial charge in [-0.2, -0.15) is 11.8 Å². The van der Waals surface area contributed by atoms with E-state index in [0.717, 1.165) is 18.5 Å². The van der Waals surface area contributed by atoms with Gasteiger partial charge in [-0.1, -0.05) is 6.92 Å². The van der Waals surface area contributed by atoms with E-state index in [1.54, 1.807) is 11.8 Å². The van der Waals surface area contributed by atoms with Gasteiger partial charge in [0.2, 0.25) is 5.91 Å². The summed E-state index contributed by atoms with van der Waals surface area (Å²) in [5, 5.41) is 3.26. The van der Waals surface area contributed by atoms with E-state index < -0.39 is 0 Å². The summed E-state index contributed by atoms with van der Waals surface area (Å²) in [5.74, 6) is 1.25. The number of rotatable bonds is 5. The minimum Gasteiger partial charge on any atom is -0.351 e. The smallest absolute Gasteiger partial charge is 0.217 e. The molecular weight excluding hydrogens is 224 g/mol. The number of carbonyl (C=O) groups is 2. The van der Waals surface area contributed by atoms with Crippen molar-refractivity contribution in [3.63, 3.8) is 0 Å². The maximum atomic E-state index is 11.1. The van der Waals surface area contributed by atoms with E-state index in [-0.39, 0.29) is 18.0 Å². The summed E-state index contributed by atoms with van der Waals surface area (Å²) >= 11 is 1.80. The molecule has 0 aromatic heterocycles. The van der Waals surface area contributed by atoms with Gasteiger partial charge >= 0.3 is 0 Å². The van der Waals surface area contributed by atoms with Crippen molar-refractivity contribution in [3.05, 3.63) is 0 Å². The van der Waals surface area contributed by atoms with Crippen LogP contribution in [0.25, 0.3) is 0 Å². The topological polar surface area (TPSA) is 72.2 Å². The lowest BCUT2D eigenvalue weighted by Crippen LogP contribution is -2.50. The third-order valence-corrected chi connectivity index (χ3v) is 4.69. The van der Waals surface area contributed by atoms with Crippen LogP contribution in [0.15, 0.2) is 0 Å². The number of thioether (sulfide) groups is 1. The van der Waals surface area contributed by atoms with E-state index in [2.05, 4.69) is 12.2 Å². The first-order valence-corrected chi connectivity index (χ1v) is 6.69. The molecule has 16 heavy (non-hydrogen) atoms. The van der Waals surface area contributed by atoms with Crippen LogP contribution in [0.3, 0.4) is 0 Å². The second-order valence-corrected chi connectivity index (χ2v) is 5.62. The third kappa shape index (κ3) is 3.49. The average Bonchev–Trinajstić information content (AvgIpc) is 2.56. The van der Waals surface area contributed by atoms with Gasteiger partial charge in [-0.3, -0.25) is 4.79 Å². The zero-order chi connectivity index (χ0) is 12.1. The lowest BCUT2D eigenvalue weighted by molar-refractivity contribution is -0.119. The molecule has 3 unspecified atom stereocenters. The van der Waals surface area contributed by atoms with Crippen LogP contribution >= 0.6 is 11.8 Å². The van der Waals surface area contributed by atoms with Gasteiger partial charge in [-0.05, 0) is 12.3 Å². The normalized spacial score (nSPS) is 31.1. The molecule has 1 aliphatic rings. The van der Waals surface area contributed by atoms with Crippen LogP contribution in [0.1, 0.15) is 26.7 Å². The van der Waals surface area contributed by atoms with Gasteiger partial charge in [0, 0.05) is 30.4 Å². The van der Waals surface area contributed by atoms with Crippen molar-refractivity contribution < 1.29 is 9.59 Å². The summed E-state index contributed by atoms with van der Waals surface area (Å²) in [6.45, 7) is 3.64. The van der Waals surface area contributed by atoms with E-state index >= 15 is 0 Å². The van der Waals surface area contributed by atoms with Gasteiger partial charge < -0.3 is 15.8 Å². The molecule has 0 aliphatic carbocycles. The molecule has 1 heterocycles. The molecule has 1 aliphatic heterocycles. The zero-order valence-electron chi connectivity index (χ0n) is 9.81. The zero-order valence-corrected chi connectivity index (χ0v) is 10.6. The van der Waals surface area contributed by atoms with E-state index in [9.17, 15) is 9.59 Å². The maximum absolute atomic E-state index is 11.1. The minimum absolute atomic E-state index is 0.0255. The lowest BCUT2D eigenvalue weighted by Gasteiger charge is -2.27. The van der Waals surface area contributed by atoms with Crippen molar-refractivity contribution in [2.45, 2.75) is 44.0 Å². The van der Waals surface area contributed by atoms with Crippen molar-refractivity contribution in [2.24, 2.45) is 11.7 Å². The fraction of sp³-hybridized carbons (Fsp3) is 0.818. The Morgan fingerprint density at radius 3 is 2.94 bits per heavy atom. The standard InChI is InChI=1S/C11H20N2O2S/c1-7(4-3-5-14)11-10(13-8(2)15)9(12)6-16-11/h5,7,9-11H,3-4,6,12H2,1-2H3,(H,13,15)/t7?,9-,10?,11?/m0/s1. The molecule has 1 fully saturated rings. The molecule has 1 amide bonds. The highest BCUT2D eigenvalue weighted by molar-refractivity contribution is 8.00. The number of nitrogens with one attached hydrogen (secondary N) is 1. The number of nitrogens with two attached hydrogens (primary N) is 1. The van der Waals surface area contributed by atoms with Crippen LogP contribution in [0.4, 0.5) is 0 Å². The second-order valence-electron chi connectivity index (χ2n) is 4.41. The van der Waals surface area contributed by atoms with Gasteiger partial charge in [0.05, 0.1) is 6.04 Å². The van der Waals surface area contributed by atoms with E-state index in [1.807, 2.05) is 0 Å². The molecule has 3 N–H and O–H groups in total. The summed E-state index contributed by atoms with van der Waals surface area (Å²) in [4.78, 5) is 21.4. The van der Waals surface area contributed by atoms with Gasteiger partial charge in [-0.25, -0.2) is 0 Å². The minimum atomic E-state index is -0.0319. The van der Waals surface area contributed by atoms with Crippen molar-refractivity contribution in [1.29, 1.82) is 0 Å². The molecule has 5 heteroatoms. The maximum Gasteiger partial charge on any atom is 0.217 e. The highest BCUT2D eigenvalue weighted by atomic mass is 32.2. The molecule has 1 saturated heterocycles. The summed E-state index contributed by atoms with van der Waals surface area (Å²) in [7, 11) is 0. The first-order chi connectivity index (χ1) is 7.56. The van der Waals surface area contributed by atoms with Crippen LogP contribution in [0.5, 0.6) is 0 Å². The highest BCUT2D eigenvalue weighted by Crippen LogP contribution is 2.33. The van der Waals surface area contributed by atoms with Crippen LogP contribution in [-0.4, -0.2) is 35.3 Å². The Balaban J connectivity index is 2.56. The molecule has 92 valence electrons. The fourth-order valence-electron chi connectivity index (χ4n) is 2.11. The summed E-state index contributed by atoms with van der Waals surface area (Å²) in [6, 6.07) is 0.0710. The fourth-order valence-corrected chi connectivity index (χ4v) is 3.70. The molecular formula is C11H20N2O2S. The van der Waals surface area contributed by atoms with Crippen LogP contribution in [-0.2, 0) is 9.59 Å². The quantitative estimate of drug-likeness (QED) is 0.693. The summed E-state index contributed by atoms with van der Waals surface area (Å²) in [6.07, 6.45) is 2.40. The van der Waals surface area contributed by atoms with Gasteiger partial charge in [-0.15, -0.1) is 0 Å². The van der Waals surface area contributed by atoms with Crippen molar-refractivity contribution in [2.75, 3.05) is 5.75 Å². The molecule has 0 aromatic rings. The molecule has 1 rings (SSSR count). The number of hydrogen-bond donors (Lipinski definition) is 2. The monoisotopic (exact) mass is 244 g/mol. The Morgan fingerprint density at radius 2 is 2.38 bits per heavy atom. The first kappa shape index (κ1) is 13.5. The molecule has 0 spiro atoms. The SMILES string of the molecule is CC(=O)NC1C(C(C)CCC=O)SC[C@@H]1N. The molecule has 0 radical (unpaired) electrons. The first-order valence-electron chi connectivity index (χ1n) is 5.64. The Labute approximate surface area is 101 Å². The number of amides is 1. The molecule has 0 bridgehead atoms. The van der Waals surface area contributed by atoms with Gasteiger partial charge in [0.1, 0.15) is 6.29 Å². The number of carbonyl (C=O) groups excluding carboxylic acids is 2. The molecule has 0 aromatic carbocycles. The molecule has 4 nitrogen and oxygen atoms in total. The Hall–Kier alpha value is -0.550.